The van der Waals surface area contributed by atoms with Crippen LogP contribution < -0.4 is 14.2 Å². The van der Waals surface area contributed by atoms with Gasteiger partial charge in [-0.2, -0.15) is 0 Å². The average molecular weight is 326 g/mol. The van der Waals surface area contributed by atoms with Crippen LogP contribution in [-0.4, -0.2) is 26.6 Å². The summed E-state index contributed by atoms with van der Waals surface area (Å²) in [4.78, 5) is 12.3. The van der Waals surface area contributed by atoms with Crippen molar-refractivity contribution in [3.05, 3.63) is 59.7 Å². The lowest BCUT2D eigenvalue weighted by Gasteiger charge is -2.10. The Bertz CT molecular complexity index is 719. The molecule has 0 saturated carbocycles. The van der Waals surface area contributed by atoms with Gasteiger partial charge < -0.3 is 14.2 Å². The largest absolute Gasteiger partial charge is 0.497 e. The Morgan fingerprint density at radius 1 is 1.04 bits per heavy atom. The number of rotatable bonds is 8. The number of ketones is 1. The lowest BCUT2D eigenvalue weighted by Crippen LogP contribution is -1.98. The maximum Gasteiger partial charge on any atom is 0.185 e. The standard InChI is InChI=1S/C20H22O4/c1-4-12-24-20-13-15(9-11-19(20)23-3)8-10-18(21)16-6-5-7-17(14-16)22-2/h5-11,13-14H,4,12H2,1-3H3. The first kappa shape index (κ1) is 17.6. The topological polar surface area (TPSA) is 44.8 Å². The van der Waals surface area contributed by atoms with Gasteiger partial charge in [-0.05, 0) is 42.3 Å². The molecule has 4 heteroatoms. The summed E-state index contributed by atoms with van der Waals surface area (Å²) in [6, 6.07) is 12.7. The van der Waals surface area contributed by atoms with Crippen LogP contribution in [-0.2, 0) is 0 Å². The second-order valence-electron chi connectivity index (χ2n) is 5.19. The predicted molar refractivity (Wildman–Crippen MR) is 95.1 cm³/mol. The van der Waals surface area contributed by atoms with Crippen LogP contribution in [0.5, 0.6) is 17.2 Å². The van der Waals surface area contributed by atoms with E-state index >= 15 is 0 Å². The highest BCUT2D eigenvalue weighted by Crippen LogP contribution is 2.28. The molecule has 0 amide bonds. The van der Waals surface area contributed by atoms with Crippen molar-refractivity contribution >= 4 is 11.9 Å². The van der Waals surface area contributed by atoms with E-state index in [0.29, 0.717) is 29.4 Å². The minimum atomic E-state index is -0.0826. The Hall–Kier alpha value is -2.75. The Kier molecular flexibility index (Phi) is 6.43. The second kappa shape index (κ2) is 8.77. The number of allylic oxidation sites excluding steroid dienone is 1. The van der Waals surface area contributed by atoms with Crippen molar-refractivity contribution in [3.8, 4) is 17.2 Å². The van der Waals surface area contributed by atoms with E-state index in [1.807, 2.05) is 25.1 Å². The molecule has 126 valence electrons. The summed E-state index contributed by atoms with van der Waals surface area (Å²) in [5, 5.41) is 0. The molecule has 2 rings (SSSR count). The number of carbonyl (C=O) groups excluding carboxylic acids is 1. The SMILES string of the molecule is CCCOc1cc(C=CC(=O)c2cccc(OC)c2)ccc1OC. The van der Waals surface area contributed by atoms with Gasteiger partial charge in [0.15, 0.2) is 17.3 Å². The fourth-order valence-electron chi connectivity index (χ4n) is 2.17. The minimum Gasteiger partial charge on any atom is -0.497 e. The van der Waals surface area contributed by atoms with Crippen LogP contribution in [0.4, 0.5) is 0 Å². The van der Waals surface area contributed by atoms with Crippen LogP contribution in [0.25, 0.3) is 6.08 Å². The van der Waals surface area contributed by atoms with Crippen LogP contribution in [0.3, 0.4) is 0 Å². The third-order valence-electron chi connectivity index (χ3n) is 3.43. The van der Waals surface area contributed by atoms with E-state index in [1.54, 1.807) is 50.6 Å². The summed E-state index contributed by atoms with van der Waals surface area (Å²) in [6.45, 7) is 2.66. The van der Waals surface area contributed by atoms with Gasteiger partial charge in [0.25, 0.3) is 0 Å². The predicted octanol–water partition coefficient (Wildman–Crippen LogP) is 4.39. The number of carbonyl (C=O) groups is 1. The van der Waals surface area contributed by atoms with Gasteiger partial charge in [-0.15, -0.1) is 0 Å². The zero-order chi connectivity index (χ0) is 17.4. The van der Waals surface area contributed by atoms with Crippen molar-refractivity contribution < 1.29 is 19.0 Å². The molecule has 0 aliphatic carbocycles. The highest BCUT2D eigenvalue weighted by molar-refractivity contribution is 6.07. The molecule has 2 aromatic carbocycles. The van der Waals surface area contributed by atoms with Gasteiger partial charge in [0, 0.05) is 5.56 Å². The van der Waals surface area contributed by atoms with E-state index < -0.39 is 0 Å². The van der Waals surface area contributed by atoms with E-state index in [2.05, 4.69) is 0 Å². The Balaban J connectivity index is 2.16. The molecule has 0 bridgehead atoms. The van der Waals surface area contributed by atoms with Gasteiger partial charge in [-0.1, -0.05) is 31.2 Å². The first-order valence-electron chi connectivity index (χ1n) is 7.85. The molecule has 0 fully saturated rings. The summed E-state index contributed by atoms with van der Waals surface area (Å²) in [6.07, 6.45) is 4.22. The molecule has 24 heavy (non-hydrogen) atoms. The average Bonchev–Trinajstić information content (AvgIpc) is 2.64. The molecule has 2 aromatic rings. The molecule has 0 heterocycles. The summed E-state index contributed by atoms with van der Waals surface area (Å²) in [5.74, 6) is 1.93. The van der Waals surface area contributed by atoms with Crippen LogP contribution in [0.15, 0.2) is 48.5 Å². The van der Waals surface area contributed by atoms with Gasteiger partial charge >= 0.3 is 0 Å². The number of hydrogen-bond acceptors (Lipinski definition) is 4. The molecule has 0 spiro atoms. The van der Waals surface area contributed by atoms with Crippen molar-refractivity contribution in [2.75, 3.05) is 20.8 Å². The van der Waals surface area contributed by atoms with Gasteiger partial charge in [0.2, 0.25) is 0 Å². The number of methoxy groups -OCH3 is 2. The van der Waals surface area contributed by atoms with E-state index in [4.69, 9.17) is 14.2 Å². The van der Waals surface area contributed by atoms with Gasteiger partial charge in [-0.3, -0.25) is 4.79 Å². The van der Waals surface area contributed by atoms with Crippen molar-refractivity contribution in [3.63, 3.8) is 0 Å². The van der Waals surface area contributed by atoms with Crippen LogP contribution in [0.2, 0.25) is 0 Å². The normalized spacial score (nSPS) is 10.6. The van der Waals surface area contributed by atoms with Gasteiger partial charge in [0.05, 0.1) is 20.8 Å². The highest BCUT2D eigenvalue weighted by atomic mass is 16.5. The first-order chi connectivity index (χ1) is 11.7. The third kappa shape index (κ3) is 4.62. The van der Waals surface area contributed by atoms with E-state index in [-0.39, 0.29) is 5.78 Å². The zero-order valence-electron chi connectivity index (χ0n) is 14.2. The molecule has 0 aromatic heterocycles. The van der Waals surface area contributed by atoms with Crippen LogP contribution >= 0.6 is 0 Å². The monoisotopic (exact) mass is 326 g/mol. The number of ether oxygens (including phenoxy) is 3. The Labute approximate surface area is 142 Å². The molecular formula is C20H22O4. The van der Waals surface area contributed by atoms with Crippen molar-refractivity contribution in [2.45, 2.75) is 13.3 Å². The summed E-state index contributed by atoms with van der Waals surface area (Å²) in [5.41, 5.74) is 1.46. The van der Waals surface area contributed by atoms with E-state index in [9.17, 15) is 4.79 Å². The van der Waals surface area contributed by atoms with Crippen molar-refractivity contribution in [1.82, 2.24) is 0 Å². The third-order valence-corrected chi connectivity index (χ3v) is 3.43. The molecule has 0 aliphatic rings. The molecule has 0 atom stereocenters. The summed E-state index contributed by atoms with van der Waals surface area (Å²) in [7, 11) is 3.19. The lowest BCUT2D eigenvalue weighted by atomic mass is 10.1. The molecule has 0 radical (unpaired) electrons. The first-order valence-corrected chi connectivity index (χ1v) is 7.85. The Morgan fingerprint density at radius 2 is 1.88 bits per heavy atom. The summed E-state index contributed by atoms with van der Waals surface area (Å²) >= 11 is 0. The van der Waals surface area contributed by atoms with Crippen molar-refractivity contribution in [2.24, 2.45) is 0 Å². The quantitative estimate of drug-likeness (QED) is 0.533. The van der Waals surface area contributed by atoms with Gasteiger partial charge in [0.1, 0.15) is 5.75 Å². The molecule has 0 aliphatic heterocycles. The summed E-state index contributed by atoms with van der Waals surface area (Å²) < 4.78 is 16.1. The molecule has 0 saturated heterocycles. The molecular weight excluding hydrogens is 304 g/mol. The van der Waals surface area contributed by atoms with Crippen molar-refractivity contribution in [1.29, 1.82) is 0 Å². The smallest absolute Gasteiger partial charge is 0.185 e. The highest BCUT2D eigenvalue weighted by Gasteiger charge is 2.06. The van der Waals surface area contributed by atoms with Crippen LogP contribution in [0.1, 0.15) is 29.3 Å². The maximum absolute atomic E-state index is 12.3. The lowest BCUT2D eigenvalue weighted by molar-refractivity contribution is 0.104. The second-order valence-corrected chi connectivity index (χ2v) is 5.19. The number of hydrogen-bond donors (Lipinski definition) is 0. The molecule has 0 unspecified atom stereocenters. The van der Waals surface area contributed by atoms with Gasteiger partial charge in [-0.25, -0.2) is 0 Å². The molecule has 4 nitrogen and oxygen atoms in total. The Morgan fingerprint density at radius 3 is 2.58 bits per heavy atom. The fraction of sp³-hybridized carbons (Fsp3) is 0.250. The minimum absolute atomic E-state index is 0.0826. The van der Waals surface area contributed by atoms with Crippen LogP contribution in [0, 0.1) is 0 Å². The van der Waals surface area contributed by atoms with E-state index in [1.165, 1.54) is 0 Å². The maximum atomic E-state index is 12.3. The number of benzene rings is 2. The zero-order valence-corrected chi connectivity index (χ0v) is 14.2. The van der Waals surface area contributed by atoms with E-state index in [0.717, 1.165) is 12.0 Å². The molecule has 0 N–H and O–H groups in total. The fourth-order valence-corrected chi connectivity index (χ4v) is 2.17.